The Morgan fingerprint density at radius 3 is 2.52 bits per heavy atom. The summed E-state index contributed by atoms with van der Waals surface area (Å²) < 4.78 is 10.9. The maximum atomic E-state index is 12.3. The lowest BCUT2D eigenvalue weighted by Crippen LogP contribution is -2.34. The van der Waals surface area contributed by atoms with Gasteiger partial charge in [0.2, 0.25) is 5.91 Å². The van der Waals surface area contributed by atoms with Crippen molar-refractivity contribution in [2.75, 3.05) is 13.7 Å². The molecule has 0 bridgehead atoms. The second-order valence-corrected chi connectivity index (χ2v) is 7.05. The van der Waals surface area contributed by atoms with Gasteiger partial charge >= 0.3 is 0 Å². The lowest BCUT2D eigenvalue weighted by molar-refractivity contribution is -0.135. The second-order valence-electron chi connectivity index (χ2n) is 6.11. The van der Waals surface area contributed by atoms with E-state index in [2.05, 4.69) is 11.9 Å². The average Bonchev–Trinajstić information content (AvgIpc) is 3.06. The lowest BCUT2D eigenvalue weighted by Gasteiger charge is -2.23. The molecule has 1 amide bonds. The number of carbonyl (C=O) groups is 1. The Morgan fingerprint density at radius 1 is 1.24 bits per heavy atom. The number of amides is 1. The van der Waals surface area contributed by atoms with E-state index in [1.54, 1.807) is 18.4 Å². The molecule has 0 fully saturated rings. The van der Waals surface area contributed by atoms with Crippen molar-refractivity contribution in [2.24, 2.45) is 5.92 Å². The molecule has 0 radical (unpaired) electrons. The predicted octanol–water partition coefficient (Wildman–Crippen LogP) is 4.13. The van der Waals surface area contributed by atoms with E-state index in [0.29, 0.717) is 13.2 Å². The maximum Gasteiger partial charge on any atom is 0.225 e. The average molecular weight is 362 g/mol. The maximum absolute atomic E-state index is 12.3. The molecule has 2 rings (SSSR count). The van der Waals surface area contributed by atoms with Crippen LogP contribution < -0.4 is 9.47 Å². The van der Waals surface area contributed by atoms with Crippen LogP contribution in [0.25, 0.3) is 0 Å². The van der Waals surface area contributed by atoms with Crippen molar-refractivity contribution in [3.63, 3.8) is 0 Å². The van der Waals surface area contributed by atoms with Gasteiger partial charge in [0.1, 0.15) is 23.1 Å². The van der Waals surface area contributed by atoms with Crippen molar-refractivity contribution in [3.05, 3.63) is 40.3 Å². The van der Waals surface area contributed by atoms with Gasteiger partial charge in [0.05, 0.1) is 19.3 Å². The molecule has 1 aromatic heterocycles. The summed E-state index contributed by atoms with van der Waals surface area (Å²) in [6.45, 7) is 7.68. The van der Waals surface area contributed by atoms with E-state index < -0.39 is 0 Å². The Labute approximate surface area is 153 Å². The molecular formula is C19H26N2O3S. The Hall–Kier alpha value is -2.08. The fraction of sp³-hybridized carbons (Fsp3) is 0.474. The first-order valence-corrected chi connectivity index (χ1v) is 9.40. The standard InChI is InChI=1S/C19H26N2O3S/c1-5-10-21(19(22)14(2)3)11-15-13-25-18(20-15)12-24-17-8-6-16(23-4)7-9-17/h6-9,13-14H,5,10-12H2,1-4H3. The van der Waals surface area contributed by atoms with Crippen molar-refractivity contribution in [1.29, 1.82) is 0 Å². The molecule has 0 aliphatic rings. The number of methoxy groups -OCH3 is 1. The summed E-state index contributed by atoms with van der Waals surface area (Å²) in [6, 6.07) is 7.47. The summed E-state index contributed by atoms with van der Waals surface area (Å²) in [4.78, 5) is 18.8. The highest BCUT2D eigenvalue weighted by atomic mass is 32.1. The summed E-state index contributed by atoms with van der Waals surface area (Å²) in [5.74, 6) is 1.75. The number of hydrogen-bond donors (Lipinski definition) is 0. The minimum absolute atomic E-state index is 0.00283. The van der Waals surface area contributed by atoms with Gasteiger partial charge in [-0.05, 0) is 30.7 Å². The molecule has 0 aliphatic carbocycles. The molecular weight excluding hydrogens is 336 g/mol. The Bertz CT molecular complexity index is 668. The van der Waals surface area contributed by atoms with Crippen molar-refractivity contribution in [2.45, 2.75) is 40.3 Å². The van der Waals surface area contributed by atoms with Gasteiger partial charge in [-0.25, -0.2) is 4.98 Å². The van der Waals surface area contributed by atoms with E-state index in [1.807, 2.05) is 48.4 Å². The van der Waals surface area contributed by atoms with Gasteiger partial charge in [-0.15, -0.1) is 11.3 Å². The molecule has 0 spiro atoms. The Kier molecular flexibility index (Phi) is 7.25. The first kappa shape index (κ1) is 19.2. The van der Waals surface area contributed by atoms with Crippen LogP contribution in [-0.4, -0.2) is 29.4 Å². The normalized spacial score (nSPS) is 10.8. The van der Waals surface area contributed by atoms with Crippen LogP contribution >= 0.6 is 11.3 Å². The zero-order valence-corrected chi connectivity index (χ0v) is 16.1. The first-order valence-electron chi connectivity index (χ1n) is 8.52. The van der Waals surface area contributed by atoms with Crippen molar-refractivity contribution in [3.8, 4) is 11.5 Å². The van der Waals surface area contributed by atoms with Crippen LogP contribution in [0.3, 0.4) is 0 Å². The van der Waals surface area contributed by atoms with Gasteiger partial charge < -0.3 is 14.4 Å². The van der Waals surface area contributed by atoms with Gasteiger partial charge in [0.25, 0.3) is 0 Å². The molecule has 25 heavy (non-hydrogen) atoms. The van der Waals surface area contributed by atoms with Crippen molar-refractivity contribution < 1.29 is 14.3 Å². The van der Waals surface area contributed by atoms with Gasteiger partial charge in [0, 0.05) is 17.8 Å². The lowest BCUT2D eigenvalue weighted by atomic mass is 10.2. The van der Waals surface area contributed by atoms with Crippen LogP contribution in [0.5, 0.6) is 11.5 Å². The number of hydrogen-bond acceptors (Lipinski definition) is 5. The zero-order chi connectivity index (χ0) is 18.2. The molecule has 0 atom stereocenters. The van der Waals surface area contributed by atoms with Gasteiger partial charge in [-0.1, -0.05) is 20.8 Å². The van der Waals surface area contributed by atoms with E-state index in [0.717, 1.165) is 35.2 Å². The van der Waals surface area contributed by atoms with E-state index in [9.17, 15) is 4.79 Å². The quantitative estimate of drug-likeness (QED) is 0.673. The molecule has 0 aliphatic heterocycles. The largest absolute Gasteiger partial charge is 0.497 e. The number of aromatic nitrogens is 1. The van der Waals surface area contributed by atoms with E-state index in [-0.39, 0.29) is 11.8 Å². The van der Waals surface area contributed by atoms with E-state index >= 15 is 0 Å². The van der Waals surface area contributed by atoms with Gasteiger partial charge in [0.15, 0.2) is 0 Å². The molecule has 0 N–H and O–H groups in total. The third-order valence-electron chi connectivity index (χ3n) is 3.67. The summed E-state index contributed by atoms with van der Waals surface area (Å²) in [5.41, 5.74) is 0.917. The number of benzene rings is 1. The fourth-order valence-electron chi connectivity index (χ4n) is 2.40. The van der Waals surface area contributed by atoms with Crippen LogP contribution in [0, 0.1) is 5.92 Å². The Balaban J connectivity index is 1.92. The van der Waals surface area contributed by atoms with E-state index in [4.69, 9.17) is 9.47 Å². The fourth-order valence-corrected chi connectivity index (χ4v) is 3.10. The molecule has 2 aromatic rings. The molecule has 1 aromatic carbocycles. The molecule has 0 saturated heterocycles. The summed E-state index contributed by atoms with van der Waals surface area (Å²) in [5, 5.41) is 2.91. The summed E-state index contributed by atoms with van der Waals surface area (Å²) >= 11 is 1.56. The topological polar surface area (TPSA) is 51.7 Å². The Morgan fingerprint density at radius 2 is 1.92 bits per heavy atom. The molecule has 0 saturated carbocycles. The molecule has 0 unspecified atom stereocenters. The highest BCUT2D eigenvalue weighted by Gasteiger charge is 2.17. The van der Waals surface area contributed by atoms with Crippen LogP contribution in [0.2, 0.25) is 0 Å². The van der Waals surface area contributed by atoms with Crippen LogP contribution in [0.15, 0.2) is 29.6 Å². The van der Waals surface area contributed by atoms with Crippen molar-refractivity contribution >= 4 is 17.2 Å². The van der Waals surface area contributed by atoms with Gasteiger partial charge in [-0.3, -0.25) is 4.79 Å². The number of ether oxygens (including phenoxy) is 2. The smallest absolute Gasteiger partial charge is 0.225 e. The predicted molar refractivity (Wildman–Crippen MR) is 100.0 cm³/mol. The zero-order valence-electron chi connectivity index (χ0n) is 15.3. The van der Waals surface area contributed by atoms with Crippen LogP contribution in [0.1, 0.15) is 37.9 Å². The SMILES string of the molecule is CCCN(Cc1csc(COc2ccc(OC)cc2)n1)C(=O)C(C)C. The summed E-state index contributed by atoms with van der Waals surface area (Å²) in [6.07, 6.45) is 0.941. The number of rotatable bonds is 9. The highest BCUT2D eigenvalue weighted by Crippen LogP contribution is 2.20. The molecule has 136 valence electrons. The second kappa shape index (κ2) is 9.42. The van der Waals surface area contributed by atoms with E-state index in [1.165, 1.54) is 0 Å². The minimum Gasteiger partial charge on any atom is -0.497 e. The monoisotopic (exact) mass is 362 g/mol. The first-order chi connectivity index (χ1) is 12.0. The third-order valence-corrected chi connectivity index (χ3v) is 4.54. The number of thiazole rings is 1. The highest BCUT2D eigenvalue weighted by molar-refractivity contribution is 7.09. The molecule has 5 nitrogen and oxygen atoms in total. The number of carbonyl (C=O) groups excluding carboxylic acids is 1. The van der Waals surface area contributed by atoms with Crippen LogP contribution in [0.4, 0.5) is 0 Å². The molecule has 6 heteroatoms. The molecule has 1 heterocycles. The minimum atomic E-state index is 0.00283. The van der Waals surface area contributed by atoms with Crippen LogP contribution in [-0.2, 0) is 17.9 Å². The third kappa shape index (κ3) is 5.74. The van der Waals surface area contributed by atoms with Crippen molar-refractivity contribution in [1.82, 2.24) is 9.88 Å². The number of nitrogens with zero attached hydrogens (tertiary/aromatic N) is 2. The summed E-state index contributed by atoms with van der Waals surface area (Å²) in [7, 11) is 1.64. The van der Waals surface area contributed by atoms with Gasteiger partial charge in [-0.2, -0.15) is 0 Å².